The maximum atomic E-state index is 9.78. The number of hydrogen-bond acceptors (Lipinski definition) is 3. The summed E-state index contributed by atoms with van der Waals surface area (Å²) in [5.74, 6) is 0. The van der Waals surface area contributed by atoms with E-state index >= 15 is 0 Å². The van der Waals surface area contributed by atoms with Crippen molar-refractivity contribution in [3.05, 3.63) is 4.91 Å². The van der Waals surface area contributed by atoms with E-state index in [0.717, 1.165) is 0 Å². The third-order valence-corrected chi connectivity index (χ3v) is 0.496. The summed E-state index contributed by atoms with van der Waals surface area (Å²) in [6.45, 7) is -0.830. The monoisotopic (exact) mass is 120 g/mol. The van der Waals surface area contributed by atoms with Crippen molar-refractivity contribution in [2.24, 2.45) is 5.29 Å². The fourth-order valence-electron chi connectivity index (χ4n) is 0.294. The molecule has 0 rings (SSSR count). The molecule has 0 aromatic rings. The second-order valence-electron chi connectivity index (χ2n) is 1.41. The standard InChI is InChI=1S/C4H10N2O2/c1-4(7)3-6(2)5-8/h4,7H,3H2,1-2H3/i3D2. The second-order valence-corrected chi connectivity index (χ2v) is 1.41. The molecule has 0 heterocycles. The average molecular weight is 120 g/mol. The predicted octanol–water partition coefficient (Wildman–Crippen LogP) is -0.0196. The summed E-state index contributed by atoms with van der Waals surface area (Å²) in [5.41, 5.74) is 0. The van der Waals surface area contributed by atoms with Crippen LogP contribution in [0.5, 0.6) is 0 Å². The first-order valence-corrected chi connectivity index (χ1v) is 2.18. The summed E-state index contributed by atoms with van der Waals surface area (Å²) in [4.78, 5) is 9.78. The minimum absolute atomic E-state index is 0.539. The van der Waals surface area contributed by atoms with Crippen molar-refractivity contribution in [3.8, 4) is 0 Å². The van der Waals surface area contributed by atoms with Crippen molar-refractivity contribution >= 4 is 0 Å². The number of hydrogen-bond donors (Lipinski definition) is 1. The summed E-state index contributed by atoms with van der Waals surface area (Å²) >= 11 is 0. The molecule has 0 aliphatic heterocycles. The molecule has 4 heteroatoms. The van der Waals surface area contributed by atoms with E-state index in [1.807, 2.05) is 0 Å². The van der Waals surface area contributed by atoms with Gasteiger partial charge >= 0.3 is 0 Å². The highest BCUT2D eigenvalue weighted by Gasteiger charge is 1.98. The Morgan fingerprint density at radius 2 is 2.62 bits per heavy atom. The van der Waals surface area contributed by atoms with E-state index in [1.54, 1.807) is 0 Å². The van der Waals surface area contributed by atoms with E-state index < -0.39 is 12.6 Å². The first-order valence-electron chi connectivity index (χ1n) is 3.18. The Kier molecular flexibility index (Phi) is 1.80. The van der Waals surface area contributed by atoms with E-state index in [2.05, 4.69) is 5.29 Å². The fraction of sp³-hybridized carbons (Fsp3) is 1.00. The molecular weight excluding hydrogens is 108 g/mol. The first-order chi connectivity index (χ1) is 4.42. The second kappa shape index (κ2) is 3.37. The van der Waals surface area contributed by atoms with E-state index in [4.69, 9.17) is 7.85 Å². The van der Waals surface area contributed by atoms with Gasteiger partial charge in [-0.15, -0.1) is 4.91 Å². The Balaban J connectivity index is 4.22. The molecule has 0 amide bonds. The summed E-state index contributed by atoms with van der Waals surface area (Å²) in [7, 11) is 1.17. The lowest BCUT2D eigenvalue weighted by Gasteiger charge is -2.08. The molecule has 1 atom stereocenters. The largest absolute Gasteiger partial charge is 0.392 e. The maximum Gasteiger partial charge on any atom is 0.0704 e. The lowest BCUT2D eigenvalue weighted by molar-refractivity contribution is 0.143. The van der Waals surface area contributed by atoms with Crippen LogP contribution in [0.2, 0.25) is 0 Å². The van der Waals surface area contributed by atoms with Crippen molar-refractivity contribution in [3.63, 3.8) is 0 Å². The quantitative estimate of drug-likeness (QED) is 0.420. The minimum Gasteiger partial charge on any atom is -0.392 e. The lowest BCUT2D eigenvalue weighted by Crippen LogP contribution is -2.21. The molecule has 0 radical (unpaired) electrons. The molecule has 0 aliphatic rings. The topological polar surface area (TPSA) is 52.9 Å². The molecule has 0 spiro atoms. The summed E-state index contributed by atoms with van der Waals surface area (Å²) in [5, 5.41) is 11.6. The Morgan fingerprint density at radius 3 is 2.75 bits per heavy atom. The molecule has 0 aromatic heterocycles. The van der Waals surface area contributed by atoms with Crippen LogP contribution < -0.4 is 0 Å². The van der Waals surface area contributed by atoms with E-state index in [0.29, 0.717) is 5.01 Å². The molecule has 0 saturated carbocycles. The van der Waals surface area contributed by atoms with Crippen LogP contribution in [0.15, 0.2) is 5.29 Å². The molecule has 4 nitrogen and oxygen atoms in total. The van der Waals surface area contributed by atoms with Gasteiger partial charge in [-0.3, -0.25) is 5.01 Å². The molecule has 1 unspecified atom stereocenters. The molecule has 0 saturated heterocycles. The SMILES string of the molecule is [2H]C([2H])(C(C)O)N(C)N=O. The van der Waals surface area contributed by atoms with Crippen LogP contribution >= 0.6 is 0 Å². The third kappa shape index (κ3) is 3.55. The summed E-state index contributed by atoms with van der Waals surface area (Å²) in [6, 6.07) is 0. The van der Waals surface area contributed by atoms with Crippen LogP contribution in [-0.2, 0) is 0 Å². The average Bonchev–Trinajstić information content (AvgIpc) is 1.86. The van der Waals surface area contributed by atoms with E-state index in [1.165, 1.54) is 14.0 Å². The van der Waals surface area contributed by atoms with Crippen LogP contribution in [0.25, 0.3) is 0 Å². The van der Waals surface area contributed by atoms with Gasteiger partial charge in [0.2, 0.25) is 0 Å². The van der Waals surface area contributed by atoms with Gasteiger partial charge in [-0.1, -0.05) is 0 Å². The van der Waals surface area contributed by atoms with Crippen molar-refractivity contribution in [1.82, 2.24) is 5.01 Å². The van der Waals surface area contributed by atoms with Crippen molar-refractivity contribution in [1.29, 1.82) is 0 Å². The smallest absolute Gasteiger partial charge is 0.0704 e. The van der Waals surface area contributed by atoms with E-state index in [-0.39, 0.29) is 0 Å². The zero-order chi connectivity index (χ0) is 8.36. The number of likely N-dealkylation sites (N-methyl/N-ethyl adjacent to an activating group) is 1. The zero-order valence-electron chi connectivity index (χ0n) is 6.83. The number of aliphatic hydroxyl groups excluding tert-OH is 1. The van der Waals surface area contributed by atoms with E-state index in [9.17, 15) is 4.91 Å². The van der Waals surface area contributed by atoms with Gasteiger partial charge in [-0.25, -0.2) is 0 Å². The highest BCUT2D eigenvalue weighted by molar-refractivity contribution is 4.48. The maximum absolute atomic E-state index is 9.78. The van der Waals surface area contributed by atoms with Crippen LogP contribution in [0.1, 0.15) is 9.67 Å². The molecule has 8 heavy (non-hydrogen) atoms. The van der Waals surface area contributed by atoms with Gasteiger partial charge in [0.25, 0.3) is 0 Å². The minimum atomic E-state index is -2.08. The van der Waals surface area contributed by atoms with Gasteiger partial charge in [0.05, 0.1) is 20.6 Å². The lowest BCUT2D eigenvalue weighted by atomic mass is 10.4. The van der Waals surface area contributed by atoms with Crippen LogP contribution in [0, 0.1) is 4.91 Å². The molecule has 0 aromatic carbocycles. The van der Waals surface area contributed by atoms with Crippen LogP contribution in [-0.4, -0.2) is 29.8 Å². The van der Waals surface area contributed by atoms with Gasteiger partial charge in [-0.05, 0) is 6.92 Å². The molecule has 1 N–H and O–H groups in total. The first kappa shape index (κ1) is 4.26. The normalized spacial score (nSPS) is 18.4. The van der Waals surface area contributed by atoms with Gasteiger partial charge in [0.1, 0.15) is 0 Å². The van der Waals surface area contributed by atoms with Crippen molar-refractivity contribution < 1.29 is 7.85 Å². The Labute approximate surface area is 50.9 Å². The van der Waals surface area contributed by atoms with Crippen LogP contribution in [0.4, 0.5) is 0 Å². The highest BCUT2D eigenvalue weighted by atomic mass is 16.3. The fourth-order valence-corrected chi connectivity index (χ4v) is 0.294. The zero-order valence-corrected chi connectivity index (χ0v) is 4.83. The molecule has 0 fully saturated rings. The van der Waals surface area contributed by atoms with Crippen molar-refractivity contribution in [2.75, 3.05) is 13.5 Å². The Hall–Kier alpha value is -0.640. The number of nitrogens with zero attached hydrogens (tertiary/aromatic N) is 2. The number of aliphatic hydroxyl groups is 1. The van der Waals surface area contributed by atoms with Gasteiger partial charge in [0, 0.05) is 7.05 Å². The summed E-state index contributed by atoms with van der Waals surface area (Å²) < 4.78 is 14.1. The number of rotatable bonds is 3. The Bertz CT molecular complexity index is 128. The predicted molar refractivity (Wildman–Crippen MR) is 30.1 cm³/mol. The molecule has 0 bridgehead atoms. The number of nitroso groups, excluding NO2 is 1. The van der Waals surface area contributed by atoms with Gasteiger partial charge < -0.3 is 5.11 Å². The van der Waals surface area contributed by atoms with Gasteiger partial charge in [-0.2, -0.15) is 0 Å². The third-order valence-electron chi connectivity index (χ3n) is 0.496. The molecule has 48 valence electrons. The van der Waals surface area contributed by atoms with Crippen molar-refractivity contribution in [2.45, 2.75) is 13.0 Å². The van der Waals surface area contributed by atoms with Crippen LogP contribution in [0.3, 0.4) is 0 Å². The highest BCUT2D eigenvalue weighted by Crippen LogP contribution is 1.85. The summed E-state index contributed by atoms with van der Waals surface area (Å²) in [6.07, 6.45) is -1.24. The molecular formula is C4H10N2O2. The molecule has 0 aliphatic carbocycles. The van der Waals surface area contributed by atoms with Gasteiger partial charge in [0.15, 0.2) is 0 Å². The Morgan fingerprint density at radius 1 is 2.12 bits per heavy atom.